The van der Waals surface area contributed by atoms with Gasteiger partial charge in [-0.25, -0.2) is 0 Å². The van der Waals surface area contributed by atoms with Crippen LogP contribution in [-0.4, -0.2) is 41.5 Å². The molecule has 0 unspecified atom stereocenters. The number of carbonyl (C=O) groups excluding carboxylic acids is 2. The largest absolute Gasteiger partial charge is 0.506 e. The van der Waals surface area contributed by atoms with Gasteiger partial charge in [0.25, 0.3) is 0 Å². The molecule has 28 heavy (non-hydrogen) atoms. The van der Waals surface area contributed by atoms with Crippen molar-refractivity contribution in [3.63, 3.8) is 0 Å². The van der Waals surface area contributed by atoms with Crippen LogP contribution in [0, 0.1) is 5.92 Å². The molecule has 1 fully saturated rings. The van der Waals surface area contributed by atoms with E-state index in [1.54, 1.807) is 24.3 Å². The molecule has 1 atom stereocenters. The number of piperidine rings is 1. The standard InChI is InChI=1S/C22H27N3O3/c1-16(17-7-3-2-4-8-17)23-21(27)15-25-13-11-18(12-14-25)22(28)24-19-9-5-6-10-20(19)26/h2-10,16,18,26H,11-15H2,1H3,(H,23,27)(H,24,28)/t16-/m1/s1. The molecule has 0 bridgehead atoms. The highest BCUT2D eigenvalue weighted by atomic mass is 16.3. The Balaban J connectivity index is 1.43. The maximum Gasteiger partial charge on any atom is 0.234 e. The summed E-state index contributed by atoms with van der Waals surface area (Å²) >= 11 is 0. The molecule has 3 rings (SSSR count). The second-order valence-electron chi connectivity index (χ2n) is 7.26. The first-order chi connectivity index (χ1) is 13.5. The third-order valence-electron chi connectivity index (χ3n) is 5.16. The molecule has 2 aromatic carbocycles. The topological polar surface area (TPSA) is 81.7 Å². The highest BCUT2D eigenvalue weighted by Gasteiger charge is 2.26. The zero-order valence-corrected chi connectivity index (χ0v) is 16.1. The molecule has 1 saturated heterocycles. The van der Waals surface area contributed by atoms with Gasteiger partial charge in [-0.15, -0.1) is 0 Å². The van der Waals surface area contributed by atoms with Crippen LogP contribution in [0.1, 0.15) is 31.4 Å². The van der Waals surface area contributed by atoms with E-state index < -0.39 is 0 Å². The van der Waals surface area contributed by atoms with E-state index in [9.17, 15) is 14.7 Å². The normalized spacial score (nSPS) is 16.3. The molecule has 2 amide bonds. The maximum atomic E-state index is 12.4. The van der Waals surface area contributed by atoms with Crippen LogP contribution >= 0.6 is 0 Å². The lowest BCUT2D eigenvalue weighted by atomic mass is 9.95. The summed E-state index contributed by atoms with van der Waals surface area (Å²) in [6, 6.07) is 16.6. The Hall–Kier alpha value is -2.86. The molecule has 0 saturated carbocycles. The number of anilines is 1. The van der Waals surface area contributed by atoms with Gasteiger partial charge in [0.1, 0.15) is 5.75 Å². The Morgan fingerprint density at radius 1 is 1.07 bits per heavy atom. The van der Waals surface area contributed by atoms with Crippen molar-refractivity contribution in [2.75, 3.05) is 25.0 Å². The van der Waals surface area contributed by atoms with Gasteiger partial charge in [0, 0.05) is 5.92 Å². The van der Waals surface area contributed by atoms with E-state index in [1.807, 2.05) is 37.3 Å². The molecule has 6 heteroatoms. The summed E-state index contributed by atoms with van der Waals surface area (Å²) in [5.74, 6) is -0.128. The average Bonchev–Trinajstić information content (AvgIpc) is 2.71. The number of phenols is 1. The van der Waals surface area contributed by atoms with Crippen molar-refractivity contribution in [2.24, 2.45) is 5.92 Å². The fourth-order valence-electron chi connectivity index (χ4n) is 3.48. The minimum atomic E-state index is -0.109. The van der Waals surface area contributed by atoms with Crippen molar-refractivity contribution in [2.45, 2.75) is 25.8 Å². The number of hydrogen-bond acceptors (Lipinski definition) is 4. The van der Waals surface area contributed by atoms with Crippen molar-refractivity contribution < 1.29 is 14.7 Å². The number of para-hydroxylation sites is 2. The molecule has 0 spiro atoms. The van der Waals surface area contributed by atoms with Gasteiger partial charge in [0.2, 0.25) is 11.8 Å². The number of rotatable bonds is 6. The lowest BCUT2D eigenvalue weighted by Crippen LogP contribution is -2.43. The first-order valence-corrected chi connectivity index (χ1v) is 9.68. The van der Waals surface area contributed by atoms with Crippen molar-refractivity contribution in [1.82, 2.24) is 10.2 Å². The quantitative estimate of drug-likeness (QED) is 0.672. The molecular weight excluding hydrogens is 354 g/mol. The van der Waals surface area contributed by atoms with Crippen LogP contribution in [0.15, 0.2) is 54.6 Å². The van der Waals surface area contributed by atoms with E-state index in [0.717, 1.165) is 5.56 Å². The van der Waals surface area contributed by atoms with Gasteiger partial charge in [-0.2, -0.15) is 0 Å². The van der Waals surface area contributed by atoms with Crippen LogP contribution < -0.4 is 10.6 Å². The number of benzene rings is 2. The van der Waals surface area contributed by atoms with Crippen molar-refractivity contribution in [1.29, 1.82) is 0 Å². The number of amides is 2. The molecule has 1 aliphatic rings. The molecule has 1 aliphatic heterocycles. The van der Waals surface area contributed by atoms with Crippen LogP contribution in [0.3, 0.4) is 0 Å². The zero-order valence-electron chi connectivity index (χ0n) is 16.1. The summed E-state index contributed by atoms with van der Waals surface area (Å²) < 4.78 is 0. The number of hydrogen-bond donors (Lipinski definition) is 3. The van der Waals surface area contributed by atoms with Gasteiger partial charge >= 0.3 is 0 Å². The van der Waals surface area contributed by atoms with Gasteiger partial charge in [0.05, 0.1) is 18.3 Å². The predicted molar refractivity (Wildman–Crippen MR) is 109 cm³/mol. The number of carbonyl (C=O) groups is 2. The van der Waals surface area contributed by atoms with Crippen LogP contribution in [-0.2, 0) is 9.59 Å². The lowest BCUT2D eigenvalue weighted by molar-refractivity contribution is -0.124. The van der Waals surface area contributed by atoms with E-state index in [0.29, 0.717) is 38.2 Å². The minimum absolute atomic E-state index is 0.00605. The Morgan fingerprint density at radius 2 is 1.71 bits per heavy atom. The SMILES string of the molecule is C[C@@H](NC(=O)CN1CCC(C(=O)Nc2ccccc2O)CC1)c1ccccc1. The lowest BCUT2D eigenvalue weighted by Gasteiger charge is -2.31. The van der Waals surface area contributed by atoms with E-state index in [4.69, 9.17) is 0 Å². The van der Waals surface area contributed by atoms with E-state index >= 15 is 0 Å². The highest BCUT2D eigenvalue weighted by Crippen LogP contribution is 2.24. The maximum absolute atomic E-state index is 12.4. The van der Waals surface area contributed by atoms with E-state index in [-0.39, 0.29) is 29.5 Å². The van der Waals surface area contributed by atoms with Crippen LogP contribution in [0.25, 0.3) is 0 Å². The van der Waals surface area contributed by atoms with Crippen LogP contribution in [0.4, 0.5) is 5.69 Å². The third-order valence-corrected chi connectivity index (χ3v) is 5.16. The van der Waals surface area contributed by atoms with Gasteiger partial charge in [0.15, 0.2) is 0 Å². The third kappa shape index (κ3) is 5.33. The Labute approximate surface area is 165 Å². The number of nitrogens with zero attached hydrogens (tertiary/aromatic N) is 1. The first kappa shape index (κ1) is 19.9. The predicted octanol–water partition coefficient (Wildman–Crippen LogP) is 2.92. The number of nitrogens with one attached hydrogen (secondary N) is 2. The van der Waals surface area contributed by atoms with Gasteiger partial charge < -0.3 is 15.7 Å². The van der Waals surface area contributed by atoms with E-state index in [2.05, 4.69) is 15.5 Å². The van der Waals surface area contributed by atoms with Crippen molar-refractivity contribution >= 4 is 17.5 Å². The highest BCUT2D eigenvalue weighted by molar-refractivity contribution is 5.93. The number of likely N-dealkylation sites (tertiary alicyclic amines) is 1. The molecule has 0 aliphatic carbocycles. The second-order valence-corrected chi connectivity index (χ2v) is 7.26. The van der Waals surface area contributed by atoms with Crippen LogP contribution in [0.2, 0.25) is 0 Å². The summed E-state index contributed by atoms with van der Waals surface area (Å²) in [6.07, 6.45) is 1.39. The summed E-state index contributed by atoms with van der Waals surface area (Å²) in [5.41, 5.74) is 1.51. The fourth-order valence-corrected chi connectivity index (χ4v) is 3.48. The molecule has 3 N–H and O–H groups in total. The first-order valence-electron chi connectivity index (χ1n) is 9.68. The Morgan fingerprint density at radius 3 is 2.39 bits per heavy atom. The van der Waals surface area contributed by atoms with Crippen molar-refractivity contribution in [3.05, 3.63) is 60.2 Å². The Kier molecular flexibility index (Phi) is 6.66. The molecule has 1 heterocycles. The summed E-state index contributed by atoms with van der Waals surface area (Å²) in [7, 11) is 0. The minimum Gasteiger partial charge on any atom is -0.506 e. The molecule has 0 aromatic heterocycles. The Bertz CT molecular complexity index is 802. The van der Waals surface area contributed by atoms with Crippen molar-refractivity contribution in [3.8, 4) is 5.75 Å². The van der Waals surface area contributed by atoms with E-state index in [1.165, 1.54) is 0 Å². The smallest absolute Gasteiger partial charge is 0.234 e. The molecule has 148 valence electrons. The zero-order chi connectivity index (χ0) is 19.9. The molecule has 6 nitrogen and oxygen atoms in total. The average molecular weight is 381 g/mol. The van der Waals surface area contributed by atoms with Gasteiger partial charge in [-0.3, -0.25) is 14.5 Å². The summed E-state index contributed by atoms with van der Waals surface area (Å²) in [5, 5.41) is 15.6. The molecular formula is C22H27N3O3. The number of phenolic OH excluding ortho intramolecular Hbond substituents is 1. The molecule has 0 radical (unpaired) electrons. The summed E-state index contributed by atoms with van der Waals surface area (Å²) in [4.78, 5) is 26.8. The number of aromatic hydroxyl groups is 1. The van der Waals surface area contributed by atoms with Gasteiger partial charge in [-0.05, 0) is 50.6 Å². The van der Waals surface area contributed by atoms with Crippen LogP contribution in [0.5, 0.6) is 5.75 Å². The summed E-state index contributed by atoms with van der Waals surface area (Å²) in [6.45, 7) is 3.71. The monoisotopic (exact) mass is 381 g/mol. The fraction of sp³-hybridized carbons (Fsp3) is 0.364. The second kappa shape index (κ2) is 9.37. The molecule has 2 aromatic rings. The van der Waals surface area contributed by atoms with Gasteiger partial charge in [-0.1, -0.05) is 42.5 Å².